The Bertz CT molecular complexity index is 838. The van der Waals surface area contributed by atoms with Gasteiger partial charge < -0.3 is 10.2 Å². The number of halogens is 2. The fourth-order valence-electron chi connectivity index (χ4n) is 1.49. The highest BCUT2D eigenvalue weighted by Gasteiger charge is 2.14. The fourth-order valence-corrected chi connectivity index (χ4v) is 2.67. The van der Waals surface area contributed by atoms with Gasteiger partial charge in [-0.25, -0.2) is 4.83 Å². The van der Waals surface area contributed by atoms with E-state index >= 15 is 0 Å². The summed E-state index contributed by atoms with van der Waals surface area (Å²) in [5, 5.41) is 22.4. The Hall–Kier alpha value is -1.96. The van der Waals surface area contributed by atoms with Crippen molar-refractivity contribution in [3.63, 3.8) is 0 Å². The Morgan fingerprint density at radius 2 is 1.73 bits per heavy atom. The SMILES string of the molecule is O=S(=O)(N/N=C/c1ccc(O)c(O)c1)c1ccc(Cl)c(Cl)c1. The van der Waals surface area contributed by atoms with Crippen LogP contribution in [0, 0.1) is 0 Å². The van der Waals surface area contributed by atoms with Crippen LogP contribution in [0.3, 0.4) is 0 Å². The van der Waals surface area contributed by atoms with Crippen LogP contribution in [0.15, 0.2) is 46.4 Å². The summed E-state index contributed by atoms with van der Waals surface area (Å²) in [6.07, 6.45) is 1.17. The molecule has 116 valence electrons. The number of hydrogen-bond acceptors (Lipinski definition) is 5. The van der Waals surface area contributed by atoms with Gasteiger partial charge in [-0.1, -0.05) is 23.2 Å². The van der Waals surface area contributed by atoms with Crippen LogP contribution in [0.5, 0.6) is 11.5 Å². The third-order valence-corrected chi connectivity index (χ3v) is 4.55. The van der Waals surface area contributed by atoms with Crippen LogP contribution in [0.4, 0.5) is 0 Å². The van der Waals surface area contributed by atoms with Crippen molar-refractivity contribution >= 4 is 39.4 Å². The van der Waals surface area contributed by atoms with Gasteiger partial charge in [0.2, 0.25) is 0 Å². The van der Waals surface area contributed by atoms with Gasteiger partial charge in [0, 0.05) is 0 Å². The van der Waals surface area contributed by atoms with Crippen molar-refractivity contribution in [2.24, 2.45) is 5.10 Å². The lowest BCUT2D eigenvalue weighted by atomic mass is 10.2. The number of nitrogens with zero attached hydrogens (tertiary/aromatic N) is 1. The van der Waals surface area contributed by atoms with E-state index in [1.165, 1.54) is 42.6 Å². The first-order valence-electron chi connectivity index (χ1n) is 5.81. The number of aromatic hydroxyl groups is 2. The maximum Gasteiger partial charge on any atom is 0.276 e. The van der Waals surface area contributed by atoms with Gasteiger partial charge in [-0.05, 0) is 42.0 Å². The van der Waals surface area contributed by atoms with E-state index in [0.717, 1.165) is 0 Å². The van der Waals surface area contributed by atoms with E-state index < -0.39 is 10.0 Å². The monoisotopic (exact) mass is 360 g/mol. The summed E-state index contributed by atoms with van der Waals surface area (Å²) in [4.78, 5) is 1.91. The van der Waals surface area contributed by atoms with E-state index in [1.807, 2.05) is 4.83 Å². The molecule has 9 heteroatoms. The van der Waals surface area contributed by atoms with E-state index in [2.05, 4.69) is 5.10 Å². The molecule has 0 aliphatic carbocycles. The molecular weight excluding hydrogens is 351 g/mol. The molecule has 0 aromatic heterocycles. The van der Waals surface area contributed by atoms with Gasteiger partial charge in [-0.2, -0.15) is 13.5 Å². The molecule has 0 unspecified atom stereocenters. The number of hydrazone groups is 1. The molecule has 0 heterocycles. The lowest BCUT2D eigenvalue weighted by Crippen LogP contribution is -2.18. The first kappa shape index (κ1) is 16.4. The van der Waals surface area contributed by atoms with Gasteiger partial charge in [0.05, 0.1) is 21.2 Å². The van der Waals surface area contributed by atoms with Gasteiger partial charge in [-0.15, -0.1) is 0 Å². The molecule has 0 bridgehead atoms. The zero-order valence-corrected chi connectivity index (χ0v) is 13.2. The maximum atomic E-state index is 12.0. The van der Waals surface area contributed by atoms with Crippen LogP contribution in [-0.4, -0.2) is 24.8 Å². The third-order valence-electron chi connectivity index (χ3n) is 2.59. The normalized spacial score (nSPS) is 11.7. The van der Waals surface area contributed by atoms with Crippen molar-refractivity contribution in [1.29, 1.82) is 0 Å². The minimum absolute atomic E-state index is 0.0902. The molecule has 2 aromatic rings. The first-order valence-corrected chi connectivity index (χ1v) is 8.05. The van der Waals surface area contributed by atoms with Crippen LogP contribution in [0.2, 0.25) is 10.0 Å². The summed E-state index contributed by atoms with van der Waals surface area (Å²) in [6.45, 7) is 0. The number of nitrogens with one attached hydrogen (secondary N) is 1. The van der Waals surface area contributed by atoms with Crippen LogP contribution in [0.25, 0.3) is 0 Å². The summed E-state index contributed by atoms with van der Waals surface area (Å²) in [5.74, 6) is -0.621. The summed E-state index contributed by atoms with van der Waals surface area (Å²) >= 11 is 11.5. The Morgan fingerprint density at radius 1 is 1.00 bits per heavy atom. The molecule has 0 aliphatic rings. The van der Waals surface area contributed by atoms with Crippen molar-refractivity contribution in [2.75, 3.05) is 0 Å². The Labute approximate surface area is 136 Å². The Balaban J connectivity index is 2.16. The number of hydrogen-bond donors (Lipinski definition) is 3. The zero-order chi connectivity index (χ0) is 16.3. The zero-order valence-electron chi connectivity index (χ0n) is 10.9. The van der Waals surface area contributed by atoms with Gasteiger partial charge in [-0.3, -0.25) is 0 Å². The van der Waals surface area contributed by atoms with Crippen LogP contribution in [0.1, 0.15) is 5.56 Å². The molecule has 6 nitrogen and oxygen atoms in total. The summed E-state index contributed by atoms with van der Waals surface area (Å²) in [7, 11) is -3.89. The third kappa shape index (κ3) is 3.82. The minimum atomic E-state index is -3.89. The van der Waals surface area contributed by atoms with Gasteiger partial charge >= 0.3 is 0 Å². The van der Waals surface area contributed by atoms with Gasteiger partial charge in [0.1, 0.15) is 0 Å². The molecule has 22 heavy (non-hydrogen) atoms. The molecule has 0 amide bonds. The fraction of sp³-hybridized carbons (Fsp3) is 0. The number of phenolic OH excluding ortho intramolecular Hbond substituents is 2. The number of rotatable bonds is 4. The topological polar surface area (TPSA) is 99.0 Å². The maximum absolute atomic E-state index is 12.0. The summed E-state index contributed by atoms with van der Waals surface area (Å²) < 4.78 is 24.0. The van der Waals surface area contributed by atoms with Crippen molar-refractivity contribution in [2.45, 2.75) is 4.90 Å². The summed E-state index contributed by atoms with van der Waals surface area (Å²) in [5.41, 5.74) is 0.395. The molecule has 0 aliphatic heterocycles. The molecule has 0 spiro atoms. The van der Waals surface area contributed by atoms with Crippen molar-refractivity contribution in [3.8, 4) is 11.5 Å². The second kappa shape index (κ2) is 6.43. The number of benzene rings is 2. The number of sulfonamides is 1. The van der Waals surface area contributed by atoms with Crippen molar-refractivity contribution < 1.29 is 18.6 Å². The molecule has 0 radical (unpaired) electrons. The van der Waals surface area contributed by atoms with Crippen molar-refractivity contribution in [1.82, 2.24) is 4.83 Å². The van der Waals surface area contributed by atoms with E-state index in [-0.39, 0.29) is 26.4 Å². The quantitative estimate of drug-likeness (QED) is 0.443. The predicted molar refractivity (Wildman–Crippen MR) is 84.1 cm³/mol. The highest BCUT2D eigenvalue weighted by atomic mass is 35.5. The first-order chi connectivity index (χ1) is 10.3. The second-order valence-corrected chi connectivity index (χ2v) is 6.65. The molecule has 0 saturated heterocycles. The standard InChI is InChI=1S/C13H10Cl2N2O4S/c14-10-3-2-9(6-11(10)15)22(20,21)17-16-7-8-1-4-12(18)13(19)5-8/h1-7,17-19H/b16-7+. The minimum Gasteiger partial charge on any atom is -0.504 e. The van der Waals surface area contributed by atoms with Crippen LogP contribution >= 0.6 is 23.2 Å². The van der Waals surface area contributed by atoms with Gasteiger partial charge in [0.15, 0.2) is 11.5 Å². The molecule has 3 N–H and O–H groups in total. The van der Waals surface area contributed by atoms with E-state index in [0.29, 0.717) is 5.56 Å². The molecular formula is C13H10Cl2N2O4S. The lowest BCUT2D eigenvalue weighted by Gasteiger charge is -2.04. The summed E-state index contributed by atoms with van der Waals surface area (Å²) in [6, 6.07) is 7.79. The predicted octanol–water partition coefficient (Wildman–Crippen LogP) is 2.72. The average Bonchev–Trinajstić information content (AvgIpc) is 2.45. The van der Waals surface area contributed by atoms with E-state index in [4.69, 9.17) is 28.3 Å². The molecule has 0 saturated carbocycles. The lowest BCUT2D eigenvalue weighted by molar-refractivity contribution is 0.403. The molecule has 0 atom stereocenters. The smallest absolute Gasteiger partial charge is 0.276 e. The van der Waals surface area contributed by atoms with Crippen molar-refractivity contribution in [3.05, 3.63) is 52.0 Å². The van der Waals surface area contributed by atoms with Crippen LogP contribution < -0.4 is 4.83 Å². The Kier molecular flexibility index (Phi) is 4.80. The van der Waals surface area contributed by atoms with Gasteiger partial charge in [0.25, 0.3) is 10.0 Å². The highest BCUT2D eigenvalue weighted by Crippen LogP contribution is 2.25. The highest BCUT2D eigenvalue weighted by molar-refractivity contribution is 7.89. The van der Waals surface area contributed by atoms with E-state index in [1.54, 1.807) is 0 Å². The van der Waals surface area contributed by atoms with Crippen LogP contribution in [-0.2, 0) is 10.0 Å². The largest absolute Gasteiger partial charge is 0.504 e. The second-order valence-electron chi connectivity index (χ2n) is 4.18. The Morgan fingerprint density at radius 3 is 2.36 bits per heavy atom. The van der Waals surface area contributed by atoms with E-state index in [9.17, 15) is 13.5 Å². The molecule has 2 rings (SSSR count). The number of phenols is 2. The molecule has 0 fully saturated rings. The molecule has 2 aromatic carbocycles. The average molecular weight is 361 g/mol.